The third kappa shape index (κ3) is 4.31. The van der Waals surface area contributed by atoms with E-state index in [-0.39, 0.29) is 16.3 Å². The molecule has 0 fully saturated rings. The van der Waals surface area contributed by atoms with Crippen molar-refractivity contribution in [1.29, 1.82) is 0 Å². The largest absolute Gasteiger partial charge is 0.393 e. The molecule has 4 heteroatoms. The molecule has 0 saturated carbocycles. The lowest BCUT2D eigenvalue weighted by Gasteiger charge is -2.19. The molecule has 19 heavy (non-hydrogen) atoms. The van der Waals surface area contributed by atoms with Crippen LogP contribution in [0.5, 0.6) is 0 Å². The maximum atomic E-state index is 12.0. The van der Waals surface area contributed by atoms with Crippen molar-refractivity contribution >= 4 is 28.8 Å². The van der Waals surface area contributed by atoms with Crippen molar-refractivity contribution in [3.63, 3.8) is 0 Å². The van der Waals surface area contributed by atoms with Gasteiger partial charge in [-0.1, -0.05) is 52.0 Å². The fourth-order valence-electron chi connectivity index (χ4n) is 1.80. The van der Waals surface area contributed by atoms with E-state index in [2.05, 4.69) is 26.1 Å². The van der Waals surface area contributed by atoms with Gasteiger partial charge in [0.05, 0.1) is 10.9 Å². The van der Waals surface area contributed by atoms with E-state index in [4.69, 9.17) is 18.0 Å². The van der Waals surface area contributed by atoms with E-state index >= 15 is 0 Å². The topological polar surface area (TPSA) is 55.1 Å². The molecule has 1 aromatic rings. The van der Waals surface area contributed by atoms with Crippen LogP contribution >= 0.6 is 12.2 Å². The summed E-state index contributed by atoms with van der Waals surface area (Å²) < 4.78 is 0. The van der Waals surface area contributed by atoms with Crippen molar-refractivity contribution < 1.29 is 4.79 Å². The third-order valence-corrected chi connectivity index (χ3v) is 3.37. The fourth-order valence-corrected chi connectivity index (χ4v) is 2.07. The third-order valence-electron chi connectivity index (χ3n) is 3.09. The fraction of sp³-hybridized carbons (Fsp3) is 0.467. The molecule has 1 rings (SSSR count). The highest BCUT2D eigenvalue weighted by molar-refractivity contribution is 7.80. The van der Waals surface area contributed by atoms with Crippen molar-refractivity contribution in [2.24, 2.45) is 11.7 Å². The summed E-state index contributed by atoms with van der Waals surface area (Å²) in [5.41, 5.74) is 7.66. The van der Waals surface area contributed by atoms with Gasteiger partial charge in [0, 0.05) is 5.69 Å². The second-order valence-electron chi connectivity index (χ2n) is 5.68. The highest BCUT2D eigenvalue weighted by atomic mass is 32.1. The van der Waals surface area contributed by atoms with Gasteiger partial charge in [0.15, 0.2) is 0 Å². The molecule has 0 radical (unpaired) electrons. The Morgan fingerprint density at radius 2 is 1.84 bits per heavy atom. The number of hydrogen-bond acceptors (Lipinski definition) is 2. The van der Waals surface area contributed by atoms with Gasteiger partial charge >= 0.3 is 0 Å². The highest BCUT2D eigenvalue weighted by Gasteiger charge is 2.19. The first-order valence-corrected chi connectivity index (χ1v) is 6.87. The lowest BCUT2D eigenvalue weighted by molar-refractivity contribution is -0.118. The first kappa shape index (κ1) is 15.6. The predicted molar refractivity (Wildman–Crippen MR) is 84.3 cm³/mol. The van der Waals surface area contributed by atoms with E-state index in [1.165, 1.54) is 5.56 Å². The van der Waals surface area contributed by atoms with Gasteiger partial charge in [-0.2, -0.15) is 0 Å². The number of carbonyl (C=O) groups excluding carboxylic acids is 1. The van der Waals surface area contributed by atoms with Crippen molar-refractivity contribution in [2.45, 2.75) is 39.5 Å². The summed E-state index contributed by atoms with van der Waals surface area (Å²) in [6.07, 6.45) is 0.612. The molecule has 0 heterocycles. The van der Waals surface area contributed by atoms with Gasteiger partial charge in [0.2, 0.25) is 5.91 Å². The number of nitrogens with two attached hydrogens (primary N) is 1. The Balaban J connectivity index is 2.78. The van der Waals surface area contributed by atoms with Crippen LogP contribution in [-0.4, -0.2) is 10.9 Å². The number of rotatable bonds is 4. The number of thiocarbonyl (C=S) groups is 1. The zero-order valence-corrected chi connectivity index (χ0v) is 12.8. The summed E-state index contributed by atoms with van der Waals surface area (Å²) in [4.78, 5) is 12.2. The summed E-state index contributed by atoms with van der Waals surface area (Å²) in [5, 5.41) is 2.85. The van der Waals surface area contributed by atoms with E-state index in [9.17, 15) is 4.79 Å². The van der Waals surface area contributed by atoms with Crippen molar-refractivity contribution in [2.75, 3.05) is 5.32 Å². The van der Waals surface area contributed by atoms with Crippen LogP contribution in [0.1, 0.15) is 39.7 Å². The van der Waals surface area contributed by atoms with Crippen LogP contribution in [0, 0.1) is 5.92 Å². The molecule has 3 N–H and O–H groups in total. The second-order valence-corrected chi connectivity index (χ2v) is 6.15. The van der Waals surface area contributed by atoms with Crippen molar-refractivity contribution in [3.05, 3.63) is 29.8 Å². The Bertz CT molecular complexity index is 460. The first-order chi connectivity index (χ1) is 8.75. The Hall–Kier alpha value is -1.42. The van der Waals surface area contributed by atoms with Gasteiger partial charge in [-0.3, -0.25) is 4.79 Å². The van der Waals surface area contributed by atoms with Crippen LogP contribution in [0.3, 0.4) is 0 Å². The first-order valence-electron chi connectivity index (χ1n) is 6.46. The Labute approximate surface area is 120 Å². The van der Waals surface area contributed by atoms with Gasteiger partial charge in [-0.15, -0.1) is 0 Å². The molecule has 1 amide bonds. The van der Waals surface area contributed by atoms with Gasteiger partial charge in [0.25, 0.3) is 0 Å². The monoisotopic (exact) mass is 278 g/mol. The number of anilines is 1. The lowest BCUT2D eigenvalue weighted by atomic mass is 9.87. The minimum absolute atomic E-state index is 0.104. The maximum absolute atomic E-state index is 12.0. The van der Waals surface area contributed by atoms with Crippen LogP contribution in [0.25, 0.3) is 0 Å². The van der Waals surface area contributed by atoms with Crippen LogP contribution in [-0.2, 0) is 10.2 Å². The smallest absolute Gasteiger partial charge is 0.234 e. The molecule has 1 atom stereocenters. The standard InChI is InChI=1S/C15H22N2OS/c1-5-12(13(16)19)14(18)17-11-8-6-10(7-9-11)15(2,3)4/h6-9,12H,5H2,1-4H3,(H2,16,19)(H,17,18). The Morgan fingerprint density at radius 3 is 2.21 bits per heavy atom. The lowest BCUT2D eigenvalue weighted by Crippen LogP contribution is -2.32. The van der Waals surface area contributed by atoms with E-state index in [1.54, 1.807) is 0 Å². The molecular formula is C15H22N2OS. The minimum Gasteiger partial charge on any atom is -0.393 e. The molecule has 0 aromatic heterocycles. The molecule has 1 unspecified atom stereocenters. The van der Waals surface area contributed by atoms with E-state index in [1.807, 2.05) is 31.2 Å². The Kier molecular flexibility index (Phi) is 5.06. The number of carbonyl (C=O) groups is 1. The van der Waals surface area contributed by atoms with Gasteiger partial charge in [-0.05, 0) is 29.5 Å². The second kappa shape index (κ2) is 6.15. The predicted octanol–water partition coefficient (Wildman–Crippen LogP) is 3.23. The highest BCUT2D eigenvalue weighted by Crippen LogP contribution is 2.23. The van der Waals surface area contributed by atoms with Gasteiger partial charge in [-0.25, -0.2) is 0 Å². The Morgan fingerprint density at radius 1 is 1.32 bits per heavy atom. The summed E-state index contributed by atoms with van der Waals surface area (Å²) in [6.45, 7) is 8.35. The number of amides is 1. The zero-order chi connectivity index (χ0) is 14.6. The molecule has 1 aromatic carbocycles. The van der Waals surface area contributed by atoms with Crippen molar-refractivity contribution in [1.82, 2.24) is 0 Å². The average Bonchev–Trinajstić information content (AvgIpc) is 2.28. The quantitative estimate of drug-likeness (QED) is 0.831. The SMILES string of the molecule is CCC(C(=O)Nc1ccc(C(C)(C)C)cc1)C(N)=S. The van der Waals surface area contributed by atoms with Gasteiger partial charge < -0.3 is 11.1 Å². The molecular weight excluding hydrogens is 256 g/mol. The van der Waals surface area contributed by atoms with Crippen LogP contribution in [0.15, 0.2) is 24.3 Å². The summed E-state index contributed by atoms with van der Waals surface area (Å²) >= 11 is 4.90. The molecule has 0 spiro atoms. The van der Waals surface area contributed by atoms with E-state index in [0.717, 1.165) is 5.69 Å². The molecule has 0 saturated heterocycles. The molecule has 104 valence electrons. The van der Waals surface area contributed by atoms with E-state index in [0.29, 0.717) is 6.42 Å². The van der Waals surface area contributed by atoms with Crippen LogP contribution < -0.4 is 11.1 Å². The van der Waals surface area contributed by atoms with Crippen LogP contribution in [0.2, 0.25) is 0 Å². The maximum Gasteiger partial charge on any atom is 0.234 e. The zero-order valence-electron chi connectivity index (χ0n) is 12.0. The number of benzene rings is 1. The molecule has 0 aliphatic rings. The molecule has 3 nitrogen and oxygen atoms in total. The van der Waals surface area contributed by atoms with Gasteiger partial charge in [0.1, 0.15) is 0 Å². The van der Waals surface area contributed by atoms with E-state index < -0.39 is 5.92 Å². The van der Waals surface area contributed by atoms with Crippen LogP contribution in [0.4, 0.5) is 5.69 Å². The number of nitrogens with one attached hydrogen (secondary N) is 1. The summed E-state index contributed by atoms with van der Waals surface area (Å²) in [6, 6.07) is 7.87. The summed E-state index contributed by atoms with van der Waals surface area (Å²) in [5.74, 6) is -0.546. The molecule has 0 bridgehead atoms. The molecule has 0 aliphatic carbocycles. The summed E-state index contributed by atoms with van der Waals surface area (Å²) in [7, 11) is 0. The minimum atomic E-state index is -0.405. The van der Waals surface area contributed by atoms with Crippen molar-refractivity contribution in [3.8, 4) is 0 Å². The number of hydrogen-bond donors (Lipinski definition) is 2. The normalized spacial score (nSPS) is 12.8. The average molecular weight is 278 g/mol. The molecule has 0 aliphatic heterocycles.